The first kappa shape index (κ1) is 22.4. The number of thioether (sulfide) groups is 1. The van der Waals surface area contributed by atoms with Crippen LogP contribution in [0.5, 0.6) is 5.75 Å². The summed E-state index contributed by atoms with van der Waals surface area (Å²) in [5.74, 6) is 2.93. The van der Waals surface area contributed by atoms with Crippen molar-refractivity contribution in [1.82, 2.24) is 4.90 Å². The maximum atomic E-state index is 12.2. The lowest BCUT2D eigenvalue weighted by Crippen LogP contribution is -2.35. The number of nitriles is 1. The van der Waals surface area contributed by atoms with Crippen molar-refractivity contribution in [2.45, 2.75) is 31.6 Å². The van der Waals surface area contributed by atoms with E-state index in [1.54, 1.807) is 0 Å². The van der Waals surface area contributed by atoms with Crippen LogP contribution in [0.4, 0.5) is 0 Å². The van der Waals surface area contributed by atoms with Crippen molar-refractivity contribution < 1.29 is 13.9 Å². The second-order valence-corrected chi connectivity index (χ2v) is 8.34. The summed E-state index contributed by atoms with van der Waals surface area (Å²) >= 11 is 1.87. The Morgan fingerprint density at radius 2 is 2.03 bits per heavy atom. The van der Waals surface area contributed by atoms with Gasteiger partial charge in [-0.2, -0.15) is 17.0 Å². The van der Waals surface area contributed by atoms with Gasteiger partial charge in [-0.05, 0) is 42.7 Å². The highest BCUT2D eigenvalue weighted by atomic mass is 32.2. The van der Waals surface area contributed by atoms with Gasteiger partial charge in [-0.3, -0.25) is 9.69 Å². The predicted octanol–water partition coefficient (Wildman–Crippen LogP) is 3.83. The van der Waals surface area contributed by atoms with E-state index < -0.39 is 0 Å². The van der Waals surface area contributed by atoms with Gasteiger partial charge >= 0.3 is 0 Å². The third-order valence-electron chi connectivity index (χ3n) is 4.85. The minimum atomic E-state index is -0.125. The van der Waals surface area contributed by atoms with Crippen LogP contribution < -0.4 is 10.2 Å². The summed E-state index contributed by atoms with van der Waals surface area (Å²) in [4.78, 5) is 14.4. The number of hydrogen-bond donors (Lipinski definition) is 0. The van der Waals surface area contributed by atoms with Gasteiger partial charge in [-0.1, -0.05) is 12.1 Å². The van der Waals surface area contributed by atoms with Crippen LogP contribution in [0.2, 0.25) is 0 Å². The molecule has 0 atom stereocenters. The zero-order valence-corrected chi connectivity index (χ0v) is 18.0. The molecule has 0 saturated carbocycles. The van der Waals surface area contributed by atoms with Crippen LogP contribution in [0.1, 0.15) is 36.1 Å². The van der Waals surface area contributed by atoms with Crippen LogP contribution in [0, 0.1) is 11.3 Å². The van der Waals surface area contributed by atoms with Gasteiger partial charge in [0.25, 0.3) is 0 Å². The summed E-state index contributed by atoms with van der Waals surface area (Å²) in [6, 6.07) is 11.5. The number of nitrogens with zero attached hydrogens (tertiary/aromatic N) is 2. The van der Waals surface area contributed by atoms with E-state index in [4.69, 9.17) is 19.2 Å². The van der Waals surface area contributed by atoms with Gasteiger partial charge < -0.3 is 13.9 Å². The molecule has 1 aliphatic rings. The molecule has 1 aromatic heterocycles. The second-order valence-electron chi connectivity index (χ2n) is 7.24. The molecular weight excluding hydrogens is 400 g/mol. The maximum Gasteiger partial charge on any atom is 0.227 e. The fourth-order valence-corrected chi connectivity index (χ4v) is 4.16. The lowest BCUT2D eigenvalue weighted by molar-refractivity contribution is 0.0310. The summed E-state index contributed by atoms with van der Waals surface area (Å²) in [6.07, 6.45) is 4.48. The maximum absolute atomic E-state index is 12.2. The monoisotopic (exact) mass is 428 g/mol. The van der Waals surface area contributed by atoms with Gasteiger partial charge in [0.1, 0.15) is 12.0 Å². The molecule has 160 valence electrons. The predicted molar refractivity (Wildman–Crippen MR) is 118 cm³/mol. The molecule has 6 nitrogen and oxygen atoms in total. The average molecular weight is 429 g/mol. The SMILES string of the molecule is N#Cc1cccc(CSCCCCCOc2coc(CN3CCOCC3)cc2=O)c1. The molecule has 2 heterocycles. The molecule has 0 unspecified atom stereocenters. The smallest absolute Gasteiger partial charge is 0.227 e. The fourth-order valence-electron chi connectivity index (χ4n) is 3.19. The number of ether oxygens (including phenoxy) is 2. The van der Waals surface area contributed by atoms with E-state index in [9.17, 15) is 4.79 Å². The molecule has 30 heavy (non-hydrogen) atoms. The summed E-state index contributed by atoms with van der Waals surface area (Å²) < 4.78 is 16.5. The summed E-state index contributed by atoms with van der Waals surface area (Å²) in [5.41, 5.74) is 1.77. The quantitative estimate of drug-likeness (QED) is 0.504. The van der Waals surface area contributed by atoms with E-state index in [2.05, 4.69) is 17.0 Å². The van der Waals surface area contributed by atoms with Crippen LogP contribution in [-0.2, 0) is 17.0 Å². The Morgan fingerprint density at radius 1 is 1.17 bits per heavy atom. The summed E-state index contributed by atoms with van der Waals surface area (Å²) in [7, 11) is 0. The van der Waals surface area contributed by atoms with E-state index in [-0.39, 0.29) is 11.2 Å². The molecule has 0 spiro atoms. The van der Waals surface area contributed by atoms with E-state index >= 15 is 0 Å². The Bertz CT molecular complexity index is 887. The molecule has 1 aromatic carbocycles. The number of unbranched alkanes of at least 4 members (excludes halogenated alkanes) is 2. The topological polar surface area (TPSA) is 75.7 Å². The second kappa shape index (κ2) is 12.4. The lowest BCUT2D eigenvalue weighted by atomic mass is 10.2. The largest absolute Gasteiger partial charge is 0.487 e. The Hall–Kier alpha value is -2.27. The fraction of sp³-hybridized carbons (Fsp3) is 0.478. The molecule has 0 N–H and O–H groups in total. The van der Waals surface area contributed by atoms with Crippen LogP contribution >= 0.6 is 11.8 Å². The molecule has 0 radical (unpaired) electrons. The van der Waals surface area contributed by atoms with Crippen molar-refractivity contribution in [1.29, 1.82) is 5.26 Å². The van der Waals surface area contributed by atoms with E-state index in [1.807, 2.05) is 30.0 Å². The van der Waals surface area contributed by atoms with Crippen LogP contribution in [0.15, 0.2) is 45.8 Å². The minimum absolute atomic E-state index is 0.125. The van der Waals surface area contributed by atoms with Crippen LogP contribution in [0.25, 0.3) is 0 Å². The van der Waals surface area contributed by atoms with Gasteiger partial charge in [0, 0.05) is 24.9 Å². The molecule has 0 aliphatic carbocycles. The Kier molecular flexibility index (Phi) is 9.29. The molecular formula is C23H28N2O4S. The molecule has 1 fully saturated rings. The zero-order valence-electron chi connectivity index (χ0n) is 17.2. The third kappa shape index (κ3) is 7.52. The number of hydrogen-bond acceptors (Lipinski definition) is 7. The van der Waals surface area contributed by atoms with Crippen LogP contribution in [0.3, 0.4) is 0 Å². The average Bonchev–Trinajstić information content (AvgIpc) is 2.77. The van der Waals surface area contributed by atoms with Gasteiger partial charge in [-0.25, -0.2) is 0 Å². The molecule has 1 saturated heterocycles. The first-order valence-electron chi connectivity index (χ1n) is 10.4. The highest BCUT2D eigenvalue weighted by Crippen LogP contribution is 2.16. The van der Waals surface area contributed by atoms with Crippen molar-refractivity contribution in [3.8, 4) is 11.8 Å². The first-order valence-corrected chi connectivity index (χ1v) is 11.5. The molecule has 7 heteroatoms. The minimum Gasteiger partial charge on any atom is -0.487 e. The van der Waals surface area contributed by atoms with Gasteiger partial charge in [-0.15, -0.1) is 0 Å². The van der Waals surface area contributed by atoms with E-state index in [1.165, 1.54) is 17.9 Å². The van der Waals surface area contributed by atoms with Gasteiger partial charge in [0.15, 0.2) is 0 Å². The van der Waals surface area contributed by atoms with Crippen LogP contribution in [-0.4, -0.2) is 43.6 Å². The lowest BCUT2D eigenvalue weighted by Gasteiger charge is -2.25. The first-order chi connectivity index (χ1) is 14.7. The summed E-state index contributed by atoms with van der Waals surface area (Å²) in [5, 5.41) is 8.93. The molecule has 1 aliphatic heterocycles. The van der Waals surface area contributed by atoms with Gasteiger partial charge in [0.2, 0.25) is 11.2 Å². The van der Waals surface area contributed by atoms with Crippen molar-refractivity contribution in [3.63, 3.8) is 0 Å². The van der Waals surface area contributed by atoms with Crippen molar-refractivity contribution >= 4 is 11.8 Å². The zero-order chi connectivity index (χ0) is 21.0. The van der Waals surface area contributed by atoms with Crippen molar-refractivity contribution in [2.24, 2.45) is 0 Å². The highest BCUT2D eigenvalue weighted by molar-refractivity contribution is 7.98. The van der Waals surface area contributed by atoms with Crippen molar-refractivity contribution in [2.75, 3.05) is 38.7 Å². The summed E-state index contributed by atoms with van der Waals surface area (Å²) in [6.45, 7) is 4.29. The standard InChI is InChI=1S/C23H28N2O4S/c24-15-19-5-4-6-20(13-19)18-30-12-3-1-2-9-28-23-17-29-21(14-22(23)26)16-25-7-10-27-11-8-25/h4-6,13-14,17H,1-3,7-12,16,18H2. The molecule has 0 bridgehead atoms. The van der Waals surface area contributed by atoms with Gasteiger partial charge in [0.05, 0.1) is 38.0 Å². The third-order valence-corrected chi connectivity index (χ3v) is 5.97. The highest BCUT2D eigenvalue weighted by Gasteiger charge is 2.13. The Balaban J connectivity index is 1.28. The Morgan fingerprint density at radius 3 is 2.83 bits per heavy atom. The number of rotatable bonds is 11. The molecule has 2 aromatic rings. The number of benzene rings is 1. The van der Waals surface area contributed by atoms with E-state index in [0.717, 1.165) is 57.1 Å². The Labute approximate surface area is 181 Å². The van der Waals surface area contributed by atoms with Crippen molar-refractivity contribution in [3.05, 3.63) is 63.7 Å². The molecule has 0 amide bonds. The van der Waals surface area contributed by atoms with E-state index in [0.29, 0.717) is 24.5 Å². The number of morpholine rings is 1. The molecule has 3 rings (SSSR count). The normalized spacial score (nSPS) is 14.4.